The molecule has 0 saturated heterocycles. The number of rotatable bonds is 6. The molecule has 0 spiro atoms. The van der Waals surface area contributed by atoms with E-state index in [2.05, 4.69) is 5.32 Å². The quantitative estimate of drug-likeness (QED) is 0.362. The molecule has 8 heteroatoms. The molecular weight excluding hydrogens is 450 g/mol. The Hall–Kier alpha value is -4.07. The lowest BCUT2D eigenvalue weighted by atomic mass is 9.94. The number of carboxylic acids is 1. The highest BCUT2D eigenvalue weighted by Gasteiger charge is 2.24. The number of phenols is 1. The van der Waals surface area contributed by atoms with Crippen molar-refractivity contribution >= 4 is 33.8 Å². The highest BCUT2D eigenvalue weighted by atomic mass is 16.4. The molecular formula is C27H25NO7. The van der Waals surface area contributed by atoms with E-state index >= 15 is 0 Å². The lowest BCUT2D eigenvalue weighted by Crippen LogP contribution is -2.43. The molecule has 0 fully saturated rings. The second kappa shape index (κ2) is 8.94. The summed E-state index contributed by atoms with van der Waals surface area (Å²) in [5, 5.41) is 23.2. The summed E-state index contributed by atoms with van der Waals surface area (Å²) in [6.07, 6.45) is 3.76. The van der Waals surface area contributed by atoms with Crippen molar-refractivity contribution in [2.75, 3.05) is 0 Å². The molecule has 5 rings (SSSR count). The summed E-state index contributed by atoms with van der Waals surface area (Å²) in [6, 6.07) is 8.60. The van der Waals surface area contributed by atoms with Crippen molar-refractivity contribution in [1.29, 1.82) is 0 Å². The Morgan fingerprint density at radius 1 is 1.03 bits per heavy atom. The van der Waals surface area contributed by atoms with Crippen LogP contribution in [0.4, 0.5) is 0 Å². The third-order valence-electron chi connectivity index (χ3n) is 6.71. The normalized spacial score (nSPS) is 14.1. The molecule has 1 atom stereocenters. The summed E-state index contributed by atoms with van der Waals surface area (Å²) >= 11 is 0. The number of fused-ring (bicyclic) bond motifs is 4. The van der Waals surface area contributed by atoms with Gasteiger partial charge in [0, 0.05) is 35.2 Å². The Morgan fingerprint density at radius 3 is 2.49 bits per heavy atom. The number of nitrogens with one attached hydrogen (secondary N) is 1. The first kappa shape index (κ1) is 22.7. The van der Waals surface area contributed by atoms with Crippen molar-refractivity contribution in [2.24, 2.45) is 0 Å². The molecule has 1 aliphatic rings. The zero-order valence-corrected chi connectivity index (χ0v) is 19.2. The summed E-state index contributed by atoms with van der Waals surface area (Å²) < 4.78 is 11.5. The van der Waals surface area contributed by atoms with Crippen LogP contribution in [0.3, 0.4) is 0 Å². The predicted octanol–water partition coefficient (Wildman–Crippen LogP) is 3.79. The number of hydrogen-bond acceptors (Lipinski definition) is 6. The highest BCUT2D eigenvalue weighted by molar-refractivity contribution is 5.97. The van der Waals surface area contributed by atoms with Gasteiger partial charge in [0.05, 0.1) is 12.0 Å². The van der Waals surface area contributed by atoms with Crippen molar-refractivity contribution in [3.63, 3.8) is 0 Å². The highest BCUT2D eigenvalue weighted by Crippen LogP contribution is 2.35. The average molecular weight is 475 g/mol. The minimum absolute atomic E-state index is 0.0379. The Labute approximate surface area is 200 Å². The average Bonchev–Trinajstić information content (AvgIpc) is 3.19. The van der Waals surface area contributed by atoms with Crippen molar-refractivity contribution in [3.05, 3.63) is 74.8 Å². The van der Waals surface area contributed by atoms with E-state index in [1.54, 1.807) is 25.1 Å². The molecule has 0 bridgehead atoms. The van der Waals surface area contributed by atoms with Gasteiger partial charge in [-0.25, -0.2) is 9.59 Å². The molecule has 0 aliphatic heterocycles. The van der Waals surface area contributed by atoms with Crippen LogP contribution >= 0.6 is 0 Å². The second-order valence-electron chi connectivity index (χ2n) is 9.05. The van der Waals surface area contributed by atoms with Crippen molar-refractivity contribution < 1.29 is 28.6 Å². The Morgan fingerprint density at radius 2 is 1.74 bits per heavy atom. The molecule has 4 aromatic rings. The summed E-state index contributed by atoms with van der Waals surface area (Å²) in [4.78, 5) is 37.2. The Bertz CT molecular complexity index is 1510. The van der Waals surface area contributed by atoms with Gasteiger partial charge in [0.25, 0.3) is 0 Å². The van der Waals surface area contributed by atoms with Gasteiger partial charge in [0.2, 0.25) is 5.91 Å². The van der Waals surface area contributed by atoms with E-state index < -0.39 is 23.5 Å². The third kappa shape index (κ3) is 4.39. The zero-order chi connectivity index (χ0) is 24.7. The number of carbonyl (C=O) groups is 2. The van der Waals surface area contributed by atoms with Gasteiger partial charge in [0.1, 0.15) is 28.7 Å². The van der Waals surface area contributed by atoms with Crippen molar-refractivity contribution in [3.8, 4) is 5.75 Å². The number of phenolic OH excluding ortho intramolecular Hbond substituents is 1. The molecule has 2 heterocycles. The van der Waals surface area contributed by atoms with Gasteiger partial charge in [0.15, 0.2) is 0 Å². The van der Waals surface area contributed by atoms with E-state index in [1.807, 2.05) is 6.07 Å². The molecule has 1 amide bonds. The number of benzene rings is 2. The van der Waals surface area contributed by atoms with Crippen molar-refractivity contribution in [1.82, 2.24) is 5.32 Å². The summed E-state index contributed by atoms with van der Waals surface area (Å²) in [7, 11) is 0. The number of carbonyl (C=O) groups excluding carboxylic acids is 1. The van der Waals surface area contributed by atoms with E-state index in [4.69, 9.17) is 8.83 Å². The first-order valence-electron chi connectivity index (χ1n) is 11.6. The molecule has 2 aromatic carbocycles. The number of furan rings is 1. The minimum atomic E-state index is -1.19. The van der Waals surface area contributed by atoms with Crippen LogP contribution in [0.2, 0.25) is 0 Å². The maximum atomic E-state index is 12.8. The first-order chi connectivity index (χ1) is 16.8. The fourth-order valence-corrected chi connectivity index (χ4v) is 4.82. The van der Waals surface area contributed by atoms with E-state index in [0.29, 0.717) is 22.3 Å². The molecule has 180 valence electrons. The lowest BCUT2D eigenvalue weighted by molar-refractivity contribution is -0.141. The summed E-state index contributed by atoms with van der Waals surface area (Å²) in [6.45, 7) is 1.77. The number of amides is 1. The van der Waals surface area contributed by atoms with Gasteiger partial charge in [-0.05, 0) is 55.5 Å². The number of aliphatic carboxylic acids is 1. The van der Waals surface area contributed by atoms with E-state index in [0.717, 1.165) is 42.2 Å². The fraction of sp³-hybridized carbons (Fsp3) is 0.296. The van der Waals surface area contributed by atoms with Crippen LogP contribution in [0.5, 0.6) is 5.75 Å². The summed E-state index contributed by atoms with van der Waals surface area (Å²) in [5.74, 6) is -0.737. The third-order valence-corrected chi connectivity index (χ3v) is 6.71. The molecule has 0 unspecified atom stereocenters. The van der Waals surface area contributed by atoms with Gasteiger partial charge in [-0.1, -0.05) is 12.1 Å². The SMILES string of the molecule is Cc1c(CC(=O)N[C@@H](Cc2ccc(O)cc2)C(=O)O)c(=O)oc2cc3oc4c(c3cc12)CCCC4. The molecule has 0 radical (unpaired) electrons. The molecule has 0 saturated carbocycles. The maximum Gasteiger partial charge on any atom is 0.340 e. The van der Waals surface area contributed by atoms with Gasteiger partial charge in [-0.15, -0.1) is 0 Å². The van der Waals surface area contributed by atoms with Crippen LogP contribution in [0.1, 0.15) is 40.9 Å². The zero-order valence-electron chi connectivity index (χ0n) is 19.2. The van der Waals surface area contributed by atoms with Gasteiger partial charge in [-0.3, -0.25) is 4.79 Å². The van der Waals surface area contributed by atoms with Crippen LogP contribution in [-0.2, 0) is 35.3 Å². The maximum absolute atomic E-state index is 12.8. The predicted molar refractivity (Wildman–Crippen MR) is 129 cm³/mol. The van der Waals surface area contributed by atoms with Gasteiger partial charge < -0.3 is 24.4 Å². The molecule has 8 nitrogen and oxygen atoms in total. The molecule has 3 N–H and O–H groups in total. The largest absolute Gasteiger partial charge is 0.508 e. The van der Waals surface area contributed by atoms with Crippen LogP contribution in [0.25, 0.3) is 21.9 Å². The standard InChI is InChI=1S/C27H25NO7/c1-14-18-11-20-17-4-2-3-5-22(17)34-24(20)13-23(18)35-27(33)19(14)12-25(30)28-21(26(31)32)10-15-6-8-16(29)9-7-15/h6-9,11,13,21,29H,2-5,10,12H2,1H3,(H,28,30)(H,31,32)/t21-/m0/s1. The van der Waals surface area contributed by atoms with E-state index in [1.165, 1.54) is 17.7 Å². The fourth-order valence-electron chi connectivity index (χ4n) is 4.82. The Kier molecular flexibility index (Phi) is 5.80. The van der Waals surface area contributed by atoms with Crippen molar-refractivity contribution in [2.45, 2.75) is 51.5 Å². The number of aromatic hydroxyl groups is 1. The van der Waals surface area contributed by atoms with Gasteiger partial charge in [-0.2, -0.15) is 0 Å². The number of hydrogen-bond donors (Lipinski definition) is 3. The lowest BCUT2D eigenvalue weighted by Gasteiger charge is -2.15. The monoisotopic (exact) mass is 475 g/mol. The molecule has 2 aromatic heterocycles. The molecule has 1 aliphatic carbocycles. The van der Waals surface area contributed by atoms with Gasteiger partial charge >= 0.3 is 11.6 Å². The van der Waals surface area contributed by atoms with Crippen LogP contribution in [-0.4, -0.2) is 28.1 Å². The van der Waals surface area contributed by atoms with Crippen LogP contribution in [0, 0.1) is 6.92 Å². The first-order valence-corrected chi connectivity index (χ1v) is 11.6. The minimum Gasteiger partial charge on any atom is -0.508 e. The smallest absolute Gasteiger partial charge is 0.340 e. The van der Waals surface area contributed by atoms with Crippen LogP contribution in [0.15, 0.2) is 50.0 Å². The second-order valence-corrected chi connectivity index (χ2v) is 9.05. The molecule has 35 heavy (non-hydrogen) atoms. The number of aryl methyl sites for hydroxylation is 3. The Balaban J connectivity index is 1.42. The number of carboxylic acid groups (broad SMARTS) is 1. The van der Waals surface area contributed by atoms with E-state index in [-0.39, 0.29) is 24.2 Å². The topological polar surface area (TPSA) is 130 Å². The van der Waals surface area contributed by atoms with E-state index in [9.17, 15) is 24.6 Å². The van der Waals surface area contributed by atoms with Crippen LogP contribution < -0.4 is 10.9 Å². The summed E-state index contributed by atoms with van der Waals surface area (Å²) in [5.41, 5.74) is 3.11.